The molecule has 0 aliphatic carbocycles. The number of nitriles is 1. The van der Waals surface area contributed by atoms with Gasteiger partial charge in [-0.25, -0.2) is 4.98 Å². The van der Waals surface area contributed by atoms with Gasteiger partial charge in [0.15, 0.2) is 0 Å². The summed E-state index contributed by atoms with van der Waals surface area (Å²) in [4.78, 5) is 8.89. The zero-order valence-electron chi connectivity index (χ0n) is 12.6. The fourth-order valence-electron chi connectivity index (χ4n) is 1.69. The molecule has 0 aliphatic heterocycles. The van der Waals surface area contributed by atoms with Gasteiger partial charge in [-0.2, -0.15) is 10.2 Å². The van der Waals surface area contributed by atoms with Crippen molar-refractivity contribution in [2.75, 3.05) is 12.4 Å². The van der Waals surface area contributed by atoms with E-state index in [-0.39, 0.29) is 5.41 Å². The molecule has 2 aromatic rings. The fraction of sp³-hybridized carbons (Fsp3) is 0.312. The fourth-order valence-corrected chi connectivity index (χ4v) is 1.69. The molecule has 0 amide bonds. The van der Waals surface area contributed by atoms with E-state index < -0.39 is 0 Å². The van der Waals surface area contributed by atoms with Crippen molar-refractivity contribution < 1.29 is 4.74 Å². The minimum Gasteiger partial charge on any atom is -0.439 e. The molecule has 1 heterocycles. The van der Waals surface area contributed by atoms with Crippen molar-refractivity contribution in [2.45, 2.75) is 26.2 Å². The number of hydrogen-bond acceptors (Lipinski definition) is 5. The molecule has 0 radical (unpaired) electrons. The van der Waals surface area contributed by atoms with Gasteiger partial charge in [0.05, 0.1) is 11.6 Å². The van der Waals surface area contributed by atoms with E-state index in [9.17, 15) is 0 Å². The Morgan fingerprint density at radius 1 is 1.19 bits per heavy atom. The van der Waals surface area contributed by atoms with Crippen LogP contribution in [-0.2, 0) is 5.41 Å². The smallest absolute Gasteiger partial charge is 0.224 e. The SMILES string of the molecule is CNc1cc(Oc2cccc(C#N)c2)nc(C(C)(C)C)n1. The van der Waals surface area contributed by atoms with Gasteiger partial charge in [0, 0.05) is 18.5 Å². The molecular weight excluding hydrogens is 264 g/mol. The second-order valence-corrected chi connectivity index (χ2v) is 5.66. The highest BCUT2D eigenvalue weighted by atomic mass is 16.5. The molecule has 0 unspecified atom stereocenters. The Morgan fingerprint density at radius 3 is 2.57 bits per heavy atom. The van der Waals surface area contributed by atoms with Crippen molar-refractivity contribution in [3.63, 3.8) is 0 Å². The van der Waals surface area contributed by atoms with Gasteiger partial charge in [0.25, 0.3) is 0 Å². The van der Waals surface area contributed by atoms with E-state index in [1.165, 1.54) is 0 Å². The van der Waals surface area contributed by atoms with E-state index in [1.54, 1.807) is 37.4 Å². The Labute approximate surface area is 124 Å². The van der Waals surface area contributed by atoms with Gasteiger partial charge in [0.2, 0.25) is 5.88 Å². The topological polar surface area (TPSA) is 70.8 Å². The highest BCUT2D eigenvalue weighted by Gasteiger charge is 2.19. The summed E-state index contributed by atoms with van der Waals surface area (Å²) in [5.41, 5.74) is 0.367. The Balaban J connectivity index is 2.37. The van der Waals surface area contributed by atoms with Crippen LogP contribution >= 0.6 is 0 Å². The summed E-state index contributed by atoms with van der Waals surface area (Å²) in [5.74, 6) is 2.42. The van der Waals surface area contributed by atoms with Gasteiger partial charge in [-0.05, 0) is 18.2 Å². The average molecular weight is 282 g/mol. The van der Waals surface area contributed by atoms with Crippen molar-refractivity contribution in [3.05, 3.63) is 41.7 Å². The first-order valence-corrected chi connectivity index (χ1v) is 6.67. The van der Waals surface area contributed by atoms with Crippen LogP contribution in [0.2, 0.25) is 0 Å². The minimum atomic E-state index is -0.181. The Kier molecular flexibility index (Phi) is 4.08. The van der Waals surface area contributed by atoms with Gasteiger partial charge >= 0.3 is 0 Å². The van der Waals surface area contributed by atoms with Crippen molar-refractivity contribution in [1.29, 1.82) is 5.26 Å². The van der Waals surface area contributed by atoms with Crippen LogP contribution in [-0.4, -0.2) is 17.0 Å². The van der Waals surface area contributed by atoms with Crippen LogP contribution in [0.3, 0.4) is 0 Å². The van der Waals surface area contributed by atoms with Crippen molar-refractivity contribution in [1.82, 2.24) is 9.97 Å². The lowest BCUT2D eigenvalue weighted by Gasteiger charge is -2.18. The third-order valence-electron chi connectivity index (χ3n) is 2.82. The van der Waals surface area contributed by atoms with Crippen molar-refractivity contribution in [3.8, 4) is 17.7 Å². The molecule has 5 heteroatoms. The van der Waals surface area contributed by atoms with Crippen molar-refractivity contribution >= 4 is 5.82 Å². The number of nitrogens with one attached hydrogen (secondary N) is 1. The minimum absolute atomic E-state index is 0.181. The van der Waals surface area contributed by atoms with E-state index >= 15 is 0 Å². The second kappa shape index (κ2) is 5.80. The Bertz CT molecular complexity index is 683. The predicted octanol–water partition coefficient (Wildman–Crippen LogP) is 3.48. The number of rotatable bonds is 3. The van der Waals surface area contributed by atoms with E-state index in [0.717, 1.165) is 0 Å². The summed E-state index contributed by atoms with van der Waals surface area (Å²) >= 11 is 0. The molecule has 5 nitrogen and oxygen atoms in total. The van der Waals surface area contributed by atoms with E-state index in [0.29, 0.717) is 28.8 Å². The highest BCUT2D eigenvalue weighted by Crippen LogP contribution is 2.26. The van der Waals surface area contributed by atoms with Gasteiger partial charge in [-0.1, -0.05) is 26.8 Å². The zero-order valence-corrected chi connectivity index (χ0v) is 12.6. The van der Waals surface area contributed by atoms with E-state index in [1.807, 2.05) is 20.8 Å². The third kappa shape index (κ3) is 3.69. The lowest BCUT2D eigenvalue weighted by atomic mass is 9.96. The van der Waals surface area contributed by atoms with Gasteiger partial charge < -0.3 is 10.1 Å². The quantitative estimate of drug-likeness (QED) is 0.933. The summed E-state index contributed by atoms with van der Waals surface area (Å²) in [6.07, 6.45) is 0. The number of anilines is 1. The van der Waals surface area contributed by atoms with Crippen LogP contribution in [0.1, 0.15) is 32.2 Å². The molecule has 108 valence electrons. The molecule has 1 aromatic heterocycles. The number of ether oxygens (including phenoxy) is 1. The maximum absolute atomic E-state index is 8.92. The number of nitrogens with zero attached hydrogens (tertiary/aromatic N) is 3. The summed E-state index contributed by atoms with van der Waals surface area (Å²) in [5, 5.41) is 11.9. The summed E-state index contributed by atoms with van der Waals surface area (Å²) < 4.78 is 5.76. The standard InChI is InChI=1S/C16H18N4O/c1-16(2,3)15-19-13(18-4)9-14(20-15)21-12-7-5-6-11(8-12)10-17/h5-9H,1-4H3,(H,18,19,20). The van der Waals surface area contributed by atoms with Gasteiger partial charge in [-0.15, -0.1) is 0 Å². The van der Waals surface area contributed by atoms with Crippen LogP contribution in [0.4, 0.5) is 5.82 Å². The lowest BCUT2D eigenvalue weighted by molar-refractivity contribution is 0.446. The number of benzene rings is 1. The Hall–Kier alpha value is -2.61. The zero-order chi connectivity index (χ0) is 15.5. The van der Waals surface area contributed by atoms with Crippen molar-refractivity contribution in [2.24, 2.45) is 0 Å². The molecule has 1 aromatic carbocycles. The molecule has 0 aliphatic rings. The summed E-state index contributed by atoms with van der Waals surface area (Å²) in [6, 6.07) is 10.8. The second-order valence-electron chi connectivity index (χ2n) is 5.66. The van der Waals surface area contributed by atoms with Crippen LogP contribution in [0.15, 0.2) is 30.3 Å². The molecule has 2 rings (SSSR count). The molecule has 0 spiro atoms. The maximum Gasteiger partial charge on any atom is 0.224 e. The molecule has 0 bridgehead atoms. The number of aromatic nitrogens is 2. The molecule has 0 atom stereocenters. The lowest BCUT2D eigenvalue weighted by Crippen LogP contribution is -2.17. The number of hydrogen-bond donors (Lipinski definition) is 1. The van der Waals surface area contributed by atoms with Crippen LogP contribution in [0.5, 0.6) is 11.6 Å². The predicted molar refractivity (Wildman–Crippen MR) is 81.5 cm³/mol. The summed E-state index contributed by atoms with van der Waals surface area (Å²) in [7, 11) is 1.80. The van der Waals surface area contributed by atoms with Crippen LogP contribution < -0.4 is 10.1 Å². The highest BCUT2D eigenvalue weighted by molar-refractivity contribution is 5.42. The molecule has 21 heavy (non-hydrogen) atoms. The first-order chi connectivity index (χ1) is 9.92. The maximum atomic E-state index is 8.92. The van der Waals surface area contributed by atoms with Crippen LogP contribution in [0.25, 0.3) is 0 Å². The summed E-state index contributed by atoms with van der Waals surface area (Å²) in [6.45, 7) is 6.13. The molecular formula is C16H18N4O. The first kappa shape index (κ1) is 14.8. The molecule has 0 saturated heterocycles. The average Bonchev–Trinajstić information content (AvgIpc) is 2.46. The van der Waals surface area contributed by atoms with Gasteiger partial charge in [0.1, 0.15) is 17.4 Å². The Morgan fingerprint density at radius 2 is 1.95 bits per heavy atom. The first-order valence-electron chi connectivity index (χ1n) is 6.67. The van der Waals surface area contributed by atoms with E-state index in [2.05, 4.69) is 21.4 Å². The molecule has 0 fully saturated rings. The largest absolute Gasteiger partial charge is 0.439 e. The van der Waals surface area contributed by atoms with Gasteiger partial charge in [-0.3, -0.25) is 0 Å². The monoisotopic (exact) mass is 282 g/mol. The third-order valence-corrected chi connectivity index (χ3v) is 2.82. The molecule has 0 saturated carbocycles. The molecule has 1 N–H and O–H groups in total. The van der Waals surface area contributed by atoms with Crippen LogP contribution in [0, 0.1) is 11.3 Å². The van der Waals surface area contributed by atoms with E-state index in [4.69, 9.17) is 10.00 Å². The normalized spacial score (nSPS) is 10.8.